The zero-order valence-corrected chi connectivity index (χ0v) is 18.4. The summed E-state index contributed by atoms with van der Waals surface area (Å²) in [5.74, 6) is 0.249. The zero-order chi connectivity index (χ0) is 20.7. The van der Waals surface area contributed by atoms with E-state index < -0.39 is 10.0 Å². The summed E-state index contributed by atoms with van der Waals surface area (Å²) in [6.07, 6.45) is 4.92. The van der Waals surface area contributed by atoms with E-state index in [2.05, 4.69) is 34.5 Å². The van der Waals surface area contributed by atoms with Crippen molar-refractivity contribution < 1.29 is 13.2 Å². The normalized spacial score (nSPS) is 22.4. The van der Waals surface area contributed by atoms with E-state index in [0.29, 0.717) is 32.4 Å². The maximum absolute atomic E-state index is 12.8. The van der Waals surface area contributed by atoms with Crippen LogP contribution in [-0.4, -0.2) is 61.5 Å². The summed E-state index contributed by atoms with van der Waals surface area (Å²) in [6.45, 7) is 5.80. The molecule has 2 saturated heterocycles. The standard InChI is InChI=1S/C22H35N3O3S/c1-2-3-16-29(27,28)25-14-11-20(12-15-25)22(26)23-21-10-7-13-24(18-21)17-19-8-5-4-6-9-19/h4-6,8-9,20-21H,2-3,7,10-18H2,1H3,(H,23,26). The quantitative estimate of drug-likeness (QED) is 0.701. The molecule has 1 atom stereocenters. The molecule has 2 aliphatic heterocycles. The number of unbranched alkanes of at least 4 members (excludes halogenated alkanes) is 1. The molecule has 1 aromatic carbocycles. The Morgan fingerprint density at radius 1 is 1.10 bits per heavy atom. The molecule has 1 unspecified atom stereocenters. The van der Waals surface area contributed by atoms with Crippen molar-refractivity contribution in [2.45, 2.75) is 58.0 Å². The Bertz CT molecular complexity index is 746. The van der Waals surface area contributed by atoms with Crippen molar-refractivity contribution in [1.82, 2.24) is 14.5 Å². The van der Waals surface area contributed by atoms with Gasteiger partial charge in [0.2, 0.25) is 15.9 Å². The lowest BCUT2D eigenvalue weighted by molar-refractivity contribution is -0.127. The number of hydrogen-bond donors (Lipinski definition) is 1. The van der Waals surface area contributed by atoms with Gasteiger partial charge in [-0.1, -0.05) is 43.7 Å². The predicted octanol–water partition coefficient (Wildman–Crippen LogP) is 2.61. The van der Waals surface area contributed by atoms with Gasteiger partial charge in [-0.3, -0.25) is 9.69 Å². The number of carbonyl (C=O) groups excluding carboxylic acids is 1. The van der Waals surface area contributed by atoms with Crippen LogP contribution in [0.1, 0.15) is 51.0 Å². The van der Waals surface area contributed by atoms with Crippen molar-refractivity contribution in [3.05, 3.63) is 35.9 Å². The molecule has 0 aliphatic carbocycles. The van der Waals surface area contributed by atoms with Crippen molar-refractivity contribution in [2.75, 3.05) is 31.9 Å². The fourth-order valence-electron chi connectivity index (χ4n) is 4.33. The minimum Gasteiger partial charge on any atom is -0.352 e. The number of rotatable bonds is 8. The van der Waals surface area contributed by atoms with Crippen LogP contribution >= 0.6 is 0 Å². The first-order chi connectivity index (χ1) is 14.0. The van der Waals surface area contributed by atoms with Gasteiger partial charge < -0.3 is 5.32 Å². The fraction of sp³-hybridized carbons (Fsp3) is 0.682. The van der Waals surface area contributed by atoms with Crippen LogP contribution < -0.4 is 5.32 Å². The molecule has 7 heteroatoms. The molecule has 2 fully saturated rings. The molecule has 6 nitrogen and oxygen atoms in total. The lowest BCUT2D eigenvalue weighted by atomic mass is 9.96. The van der Waals surface area contributed by atoms with Crippen LogP contribution in [0, 0.1) is 5.92 Å². The predicted molar refractivity (Wildman–Crippen MR) is 116 cm³/mol. The van der Waals surface area contributed by atoms with Gasteiger partial charge in [0.05, 0.1) is 5.75 Å². The second-order valence-corrected chi connectivity index (χ2v) is 10.5. The first kappa shape index (κ1) is 22.2. The van der Waals surface area contributed by atoms with Gasteiger partial charge in [0.15, 0.2) is 0 Å². The SMILES string of the molecule is CCCCS(=O)(=O)N1CCC(C(=O)NC2CCCN(Cc3ccccc3)C2)CC1. The number of amides is 1. The van der Waals surface area contributed by atoms with E-state index in [0.717, 1.165) is 38.9 Å². The third-order valence-electron chi connectivity index (χ3n) is 6.07. The van der Waals surface area contributed by atoms with Crippen molar-refractivity contribution in [3.63, 3.8) is 0 Å². The Balaban J connectivity index is 1.44. The van der Waals surface area contributed by atoms with E-state index >= 15 is 0 Å². The third kappa shape index (κ3) is 6.52. The molecule has 162 valence electrons. The van der Waals surface area contributed by atoms with Gasteiger partial charge in [-0.25, -0.2) is 12.7 Å². The van der Waals surface area contributed by atoms with Gasteiger partial charge in [-0.15, -0.1) is 0 Å². The summed E-state index contributed by atoms with van der Waals surface area (Å²) in [7, 11) is -3.16. The maximum atomic E-state index is 12.8. The highest BCUT2D eigenvalue weighted by Gasteiger charge is 2.32. The minimum absolute atomic E-state index is 0.0721. The van der Waals surface area contributed by atoms with Crippen LogP contribution in [0.2, 0.25) is 0 Å². The average Bonchev–Trinajstić information content (AvgIpc) is 2.73. The molecule has 29 heavy (non-hydrogen) atoms. The first-order valence-corrected chi connectivity index (χ1v) is 12.6. The number of nitrogens with one attached hydrogen (secondary N) is 1. The van der Waals surface area contributed by atoms with E-state index in [1.807, 2.05) is 13.0 Å². The molecular weight excluding hydrogens is 386 g/mol. The molecule has 0 saturated carbocycles. The summed E-state index contributed by atoms with van der Waals surface area (Å²) in [5.41, 5.74) is 1.30. The van der Waals surface area contributed by atoms with Gasteiger partial charge in [-0.05, 0) is 44.2 Å². The summed E-state index contributed by atoms with van der Waals surface area (Å²) in [5, 5.41) is 3.24. The summed E-state index contributed by atoms with van der Waals surface area (Å²) >= 11 is 0. The van der Waals surface area contributed by atoms with E-state index in [-0.39, 0.29) is 23.6 Å². The summed E-state index contributed by atoms with van der Waals surface area (Å²) in [4.78, 5) is 15.2. The first-order valence-electron chi connectivity index (χ1n) is 11.0. The van der Waals surface area contributed by atoms with Gasteiger partial charge in [0.1, 0.15) is 0 Å². The van der Waals surface area contributed by atoms with E-state index in [1.54, 1.807) is 4.31 Å². The van der Waals surface area contributed by atoms with Crippen LogP contribution in [0.3, 0.4) is 0 Å². The highest BCUT2D eigenvalue weighted by atomic mass is 32.2. The molecule has 3 rings (SSSR count). The Kier molecular flexibility index (Phi) is 8.09. The largest absolute Gasteiger partial charge is 0.352 e. The number of piperidine rings is 2. The Morgan fingerprint density at radius 3 is 2.52 bits per heavy atom. The molecule has 1 aromatic rings. The topological polar surface area (TPSA) is 69.7 Å². The van der Waals surface area contributed by atoms with Crippen molar-refractivity contribution in [3.8, 4) is 0 Å². The van der Waals surface area contributed by atoms with Crippen molar-refractivity contribution >= 4 is 15.9 Å². The average molecular weight is 422 g/mol. The molecule has 0 spiro atoms. The molecule has 1 amide bonds. The monoisotopic (exact) mass is 421 g/mol. The van der Waals surface area contributed by atoms with Crippen LogP contribution in [-0.2, 0) is 21.4 Å². The number of carbonyl (C=O) groups is 1. The highest BCUT2D eigenvalue weighted by Crippen LogP contribution is 2.22. The Labute approximate surface area is 175 Å². The molecule has 0 bridgehead atoms. The summed E-state index contributed by atoms with van der Waals surface area (Å²) < 4.78 is 26.3. The maximum Gasteiger partial charge on any atom is 0.223 e. The van der Waals surface area contributed by atoms with Crippen LogP contribution in [0.15, 0.2) is 30.3 Å². The van der Waals surface area contributed by atoms with Crippen LogP contribution in [0.25, 0.3) is 0 Å². The highest BCUT2D eigenvalue weighted by molar-refractivity contribution is 7.89. The Hall–Kier alpha value is -1.44. The third-order valence-corrected chi connectivity index (χ3v) is 8.03. The number of nitrogens with zero attached hydrogens (tertiary/aromatic N) is 2. The summed E-state index contributed by atoms with van der Waals surface area (Å²) in [6, 6.07) is 10.6. The number of likely N-dealkylation sites (tertiary alicyclic amines) is 1. The second kappa shape index (κ2) is 10.5. The zero-order valence-electron chi connectivity index (χ0n) is 17.6. The molecule has 2 heterocycles. The lowest BCUT2D eigenvalue weighted by Crippen LogP contribution is -2.50. The van der Waals surface area contributed by atoms with E-state index in [4.69, 9.17) is 0 Å². The van der Waals surface area contributed by atoms with Crippen LogP contribution in [0.4, 0.5) is 0 Å². The lowest BCUT2D eigenvalue weighted by Gasteiger charge is -2.35. The van der Waals surface area contributed by atoms with E-state index in [1.165, 1.54) is 5.56 Å². The smallest absolute Gasteiger partial charge is 0.223 e. The number of sulfonamides is 1. The minimum atomic E-state index is -3.16. The fourth-order valence-corrected chi connectivity index (χ4v) is 6.01. The molecule has 0 radical (unpaired) electrons. The van der Waals surface area contributed by atoms with Gasteiger partial charge in [0.25, 0.3) is 0 Å². The second-order valence-electron chi connectivity index (χ2n) is 8.41. The molecule has 0 aromatic heterocycles. The molecule has 2 aliphatic rings. The Morgan fingerprint density at radius 2 is 1.83 bits per heavy atom. The van der Waals surface area contributed by atoms with Crippen molar-refractivity contribution in [2.24, 2.45) is 5.92 Å². The molecule has 1 N–H and O–H groups in total. The van der Waals surface area contributed by atoms with Gasteiger partial charge in [-0.2, -0.15) is 0 Å². The number of benzene rings is 1. The number of hydrogen-bond acceptors (Lipinski definition) is 4. The van der Waals surface area contributed by atoms with Gasteiger partial charge >= 0.3 is 0 Å². The molecular formula is C22H35N3O3S. The van der Waals surface area contributed by atoms with E-state index in [9.17, 15) is 13.2 Å². The van der Waals surface area contributed by atoms with Crippen molar-refractivity contribution in [1.29, 1.82) is 0 Å². The van der Waals surface area contributed by atoms with Gasteiger partial charge in [0, 0.05) is 38.1 Å². The van der Waals surface area contributed by atoms with Crippen LogP contribution in [0.5, 0.6) is 0 Å².